The highest BCUT2D eigenvalue weighted by atomic mass is 35.5. The number of benzene rings is 1. The molecular weight excluding hydrogens is 319 g/mol. The van der Waals surface area contributed by atoms with Gasteiger partial charge in [0.2, 0.25) is 0 Å². The molecule has 114 valence electrons. The van der Waals surface area contributed by atoms with Gasteiger partial charge in [0.05, 0.1) is 26.6 Å². The molecule has 2 rings (SSSR count). The molecule has 1 aromatic rings. The van der Waals surface area contributed by atoms with Crippen LogP contribution in [0.15, 0.2) is 12.1 Å². The number of rotatable bonds is 3. The van der Waals surface area contributed by atoms with E-state index in [1.807, 2.05) is 0 Å². The van der Waals surface area contributed by atoms with E-state index in [1.54, 1.807) is 0 Å². The van der Waals surface area contributed by atoms with Crippen LogP contribution in [0.25, 0.3) is 0 Å². The largest absolute Gasteiger partial charge is 0.393 e. The third kappa shape index (κ3) is 3.84. The van der Waals surface area contributed by atoms with E-state index >= 15 is 0 Å². The van der Waals surface area contributed by atoms with Gasteiger partial charge in [0.25, 0.3) is 11.6 Å². The Bertz CT molecular complexity index is 572. The molecular formula is C13H14Cl2N2O4. The van der Waals surface area contributed by atoms with E-state index in [0.717, 1.165) is 12.1 Å². The number of amides is 1. The molecule has 0 unspecified atom stereocenters. The van der Waals surface area contributed by atoms with Gasteiger partial charge in [-0.1, -0.05) is 23.2 Å². The van der Waals surface area contributed by atoms with E-state index < -0.39 is 10.8 Å². The fourth-order valence-electron chi connectivity index (χ4n) is 2.33. The second-order valence-corrected chi connectivity index (χ2v) is 5.81. The maximum atomic E-state index is 12.2. The first kappa shape index (κ1) is 16.0. The summed E-state index contributed by atoms with van der Waals surface area (Å²) in [6.45, 7) is 0. The number of carbonyl (C=O) groups excluding carboxylic acids is 1. The minimum atomic E-state index is -0.629. The van der Waals surface area contributed by atoms with Crippen LogP contribution in [0, 0.1) is 10.1 Å². The van der Waals surface area contributed by atoms with Crippen LogP contribution in [0.3, 0.4) is 0 Å². The molecule has 21 heavy (non-hydrogen) atoms. The maximum Gasteiger partial charge on any atom is 0.271 e. The predicted molar refractivity (Wildman–Crippen MR) is 78.8 cm³/mol. The van der Waals surface area contributed by atoms with Crippen LogP contribution in [0.2, 0.25) is 10.0 Å². The molecule has 1 aromatic carbocycles. The van der Waals surface area contributed by atoms with Crippen LogP contribution in [-0.2, 0) is 0 Å². The summed E-state index contributed by atoms with van der Waals surface area (Å²) in [7, 11) is 0. The van der Waals surface area contributed by atoms with Crippen molar-refractivity contribution in [1.82, 2.24) is 5.32 Å². The second kappa shape index (κ2) is 6.60. The van der Waals surface area contributed by atoms with E-state index in [9.17, 15) is 20.0 Å². The SMILES string of the molecule is O=C(NC1CCC(O)CC1)c1cc([N+](=O)[O-])cc(Cl)c1Cl. The summed E-state index contributed by atoms with van der Waals surface area (Å²) in [5, 5.41) is 23.0. The van der Waals surface area contributed by atoms with Gasteiger partial charge in [-0.25, -0.2) is 0 Å². The third-order valence-electron chi connectivity index (χ3n) is 3.50. The Morgan fingerprint density at radius 1 is 1.29 bits per heavy atom. The Morgan fingerprint density at radius 2 is 1.90 bits per heavy atom. The van der Waals surface area contributed by atoms with Crippen molar-refractivity contribution in [2.24, 2.45) is 0 Å². The predicted octanol–water partition coefficient (Wildman–Crippen LogP) is 2.93. The van der Waals surface area contributed by atoms with Gasteiger partial charge in [-0.2, -0.15) is 0 Å². The van der Waals surface area contributed by atoms with Gasteiger partial charge in [-0.15, -0.1) is 0 Å². The number of nitro groups is 1. The molecule has 1 fully saturated rings. The lowest BCUT2D eigenvalue weighted by molar-refractivity contribution is -0.384. The summed E-state index contributed by atoms with van der Waals surface area (Å²) in [5.74, 6) is -0.494. The van der Waals surface area contributed by atoms with Gasteiger partial charge in [0, 0.05) is 18.2 Å². The number of nitrogens with one attached hydrogen (secondary N) is 1. The van der Waals surface area contributed by atoms with Crippen molar-refractivity contribution in [3.05, 3.63) is 37.9 Å². The van der Waals surface area contributed by atoms with Gasteiger partial charge in [-0.05, 0) is 25.7 Å². The first-order valence-electron chi connectivity index (χ1n) is 6.51. The van der Waals surface area contributed by atoms with Crippen LogP contribution in [0.1, 0.15) is 36.0 Å². The Kier molecular flexibility index (Phi) is 5.03. The summed E-state index contributed by atoms with van der Waals surface area (Å²) >= 11 is 11.8. The lowest BCUT2D eigenvalue weighted by atomic mass is 9.93. The summed E-state index contributed by atoms with van der Waals surface area (Å²) in [6, 6.07) is 2.15. The van der Waals surface area contributed by atoms with Crippen LogP contribution in [0.4, 0.5) is 5.69 Å². The zero-order valence-electron chi connectivity index (χ0n) is 11.0. The van der Waals surface area contributed by atoms with E-state index in [1.165, 1.54) is 0 Å². The van der Waals surface area contributed by atoms with Gasteiger partial charge in [-0.3, -0.25) is 14.9 Å². The van der Waals surface area contributed by atoms with Crippen LogP contribution < -0.4 is 5.32 Å². The molecule has 1 aliphatic carbocycles. The minimum Gasteiger partial charge on any atom is -0.393 e. The Labute approximate surface area is 131 Å². The zero-order valence-corrected chi connectivity index (χ0v) is 12.5. The van der Waals surface area contributed by atoms with Gasteiger partial charge in [0.15, 0.2) is 0 Å². The van der Waals surface area contributed by atoms with Crippen molar-refractivity contribution in [3.8, 4) is 0 Å². The molecule has 1 aliphatic rings. The van der Waals surface area contributed by atoms with E-state index in [-0.39, 0.29) is 33.4 Å². The standard InChI is InChI=1S/C13H14Cl2N2O4/c14-11-6-8(17(20)21)5-10(12(11)15)13(19)16-7-1-3-9(18)4-2-7/h5-7,9,18H,1-4H2,(H,16,19). The first-order chi connectivity index (χ1) is 9.88. The van der Waals surface area contributed by atoms with Crippen molar-refractivity contribution in [1.29, 1.82) is 0 Å². The van der Waals surface area contributed by atoms with E-state index in [0.29, 0.717) is 25.7 Å². The summed E-state index contributed by atoms with van der Waals surface area (Å²) in [4.78, 5) is 22.4. The first-order valence-corrected chi connectivity index (χ1v) is 7.26. The Hall–Kier alpha value is -1.37. The molecule has 0 bridgehead atoms. The summed E-state index contributed by atoms with van der Waals surface area (Å²) in [6.07, 6.45) is 2.23. The average molecular weight is 333 g/mol. The number of halogens is 2. The lowest BCUT2D eigenvalue weighted by Crippen LogP contribution is -2.38. The molecule has 0 radical (unpaired) electrons. The molecule has 1 saturated carbocycles. The highest BCUT2D eigenvalue weighted by molar-refractivity contribution is 6.44. The molecule has 0 heterocycles. The van der Waals surface area contributed by atoms with Crippen molar-refractivity contribution in [2.45, 2.75) is 37.8 Å². The Morgan fingerprint density at radius 3 is 2.48 bits per heavy atom. The molecule has 6 nitrogen and oxygen atoms in total. The number of hydrogen-bond donors (Lipinski definition) is 2. The smallest absolute Gasteiger partial charge is 0.271 e. The van der Waals surface area contributed by atoms with E-state index in [2.05, 4.69) is 5.32 Å². The molecule has 0 saturated heterocycles. The monoisotopic (exact) mass is 332 g/mol. The van der Waals surface area contributed by atoms with Crippen molar-refractivity contribution in [3.63, 3.8) is 0 Å². The minimum absolute atomic E-state index is 0.00406. The summed E-state index contributed by atoms with van der Waals surface area (Å²) < 4.78 is 0. The second-order valence-electron chi connectivity index (χ2n) is 5.03. The van der Waals surface area contributed by atoms with Crippen molar-refractivity contribution >= 4 is 34.8 Å². The number of hydrogen-bond acceptors (Lipinski definition) is 4. The highest BCUT2D eigenvalue weighted by Crippen LogP contribution is 2.31. The van der Waals surface area contributed by atoms with Crippen molar-refractivity contribution < 1.29 is 14.8 Å². The quantitative estimate of drug-likeness (QED) is 0.657. The van der Waals surface area contributed by atoms with Crippen LogP contribution in [-0.4, -0.2) is 28.1 Å². The van der Waals surface area contributed by atoms with Gasteiger partial charge >= 0.3 is 0 Å². The van der Waals surface area contributed by atoms with Gasteiger partial charge in [0.1, 0.15) is 0 Å². The maximum absolute atomic E-state index is 12.2. The number of aliphatic hydroxyl groups excluding tert-OH is 1. The van der Waals surface area contributed by atoms with Crippen LogP contribution in [0.5, 0.6) is 0 Å². The normalized spacial score (nSPS) is 21.9. The number of non-ortho nitro benzene ring substituents is 1. The number of carbonyl (C=O) groups is 1. The lowest BCUT2D eigenvalue weighted by Gasteiger charge is -2.26. The molecule has 1 amide bonds. The van der Waals surface area contributed by atoms with Crippen molar-refractivity contribution in [2.75, 3.05) is 0 Å². The molecule has 0 spiro atoms. The molecule has 0 atom stereocenters. The fourth-order valence-corrected chi connectivity index (χ4v) is 2.74. The Balaban J connectivity index is 2.17. The van der Waals surface area contributed by atoms with Crippen LogP contribution >= 0.6 is 23.2 Å². The number of nitrogens with zero attached hydrogens (tertiary/aromatic N) is 1. The number of nitro benzene ring substituents is 1. The highest BCUT2D eigenvalue weighted by Gasteiger charge is 2.24. The molecule has 0 aliphatic heterocycles. The van der Waals surface area contributed by atoms with Gasteiger partial charge < -0.3 is 10.4 Å². The number of aliphatic hydroxyl groups is 1. The summed E-state index contributed by atoms with van der Waals surface area (Å²) in [5.41, 5.74) is -0.296. The molecule has 0 aromatic heterocycles. The average Bonchev–Trinajstić information content (AvgIpc) is 2.43. The fraction of sp³-hybridized carbons (Fsp3) is 0.462. The van der Waals surface area contributed by atoms with E-state index in [4.69, 9.17) is 23.2 Å². The topological polar surface area (TPSA) is 92.5 Å². The molecule has 2 N–H and O–H groups in total. The zero-order chi connectivity index (χ0) is 15.6. The molecule has 8 heteroatoms. The third-order valence-corrected chi connectivity index (χ3v) is 4.30.